The number of anilines is 2. The van der Waals surface area contributed by atoms with Crippen molar-refractivity contribution in [3.8, 4) is 11.5 Å². The van der Waals surface area contributed by atoms with Gasteiger partial charge in [-0.3, -0.25) is 0 Å². The molecule has 0 saturated carbocycles. The maximum absolute atomic E-state index is 14.5. The fourth-order valence-corrected chi connectivity index (χ4v) is 2.67. The van der Waals surface area contributed by atoms with E-state index in [-0.39, 0.29) is 28.7 Å². The number of likely N-dealkylation sites (N-methyl/N-ethyl adjacent to an activating group) is 1. The summed E-state index contributed by atoms with van der Waals surface area (Å²) in [6, 6.07) is 6.14. The summed E-state index contributed by atoms with van der Waals surface area (Å²) in [6.45, 7) is 2.28. The molecule has 0 fully saturated rings. The van der Waals surface area contributed by atoms with Gasteiger partial charge in [0.2, 0.25) is 11.8 Å². The van der Waals surface area contributed by atoms with Crippen molar-refractivity contribution in [2.24, 2.45) is 5.73 Å². The lowest BCUT2D eigenvalue weighted by molar-refractivity contribution is 0.450. The molecule has 0 radical (unpaired) electrons. The van der Waals surface area contributed by atoms with Gasteiger partial charge in [0.1, 0.15) is 5.82 Å². The molecule has 3 rings (SSSR count). The van der Waals surface area contributed by atoms with Crippen LogP contribution in [0.15, 0.2) is 34.7 Å². The molecule has 0 saturated heterocycles. The molecular formula is C19H20F3N5O. The molecule has 1 unspecified atom stereocenters. The van der Waals surface area contributed by atoms with E-state index in [1.165, 1.54) is 18.2 Å². The topological polar surface area (TPSA) is 89.0 Å². The monoisotopic (exact) mass is 391 g/mol. The van der Waals surface area contributed by atoms with Crippen LogP contribution in [0.25, 0.3) is 11.5 Å². The van der Waals surface area contributed by atoms with Crippen LogP contribution in [0.5, 0.6) is 0 Å². The van der Waals surface area contributed by atoms with Crippen molar-refractivity contribution in [1.29, 1.82) is 0 Å². The highest BCUT2D eigenvalue weighted by atomic mass is 19.2. The summed E-state index contributed by atoms with van der Waals surface area (Å²) in [6.07, 6.45) is 0.647. The molecule has 2 aromatic carbocycles. The molecule has 0 aliphatic heterocycles. The van der Waals surface area contributed by atoms with Crippen LogP contribution >= 0.6 is 0 Å². The molecule has 0 spiro atoms. The van der Waals surface area contributed by atoms with Crippen molar-refractivity contribution in [3.05, 3.63) is 59.2 Å². The summed E-state index contributed by atoms with van der Waals surface area (Å²) in [5, 5.41) is 13.2. The van der Waals surface area contributed by atoms with Crippen LogP contribution in [0.2, 0.25) is 0 Å². The second kappa shape index (κ2) is 8.41. The Kier molecular flexibility index (Phi) is 5.96. The Balaban J connectivity index is 2.01. The van der Waals surface area contributed by atoms with Gasteiger partial charge in [0, 0.05) is 6.54 Å². The van der Waals surface area contributed by atoms with E-state index in [1.807, 2.05) is 6.92 Å². The summed E-state index contributed by atoms with van der Waals surface area (Å²) in [4.78, 5) is 0. The summed E-state index contributed by atoms with van der Waals surface area (Å²) in [5.41, 5.74) is 6.46. The first-order valence-electron chi connectivity index (χ1n) is 8.72. The first-order chi connectivity index (χ1) is 13.4. The van der Waals surface area contributed by atoms with Crippen molar-refractivity contribution in [3.63, 3.8) is 0 Å². The summed E-state index contributed by atoms with van der Waals surface area (Å²) < 4.78 is 48.2. The summed E-state index contributed by atoms with van der Waals surface area (Å²) in [7, 11) is 1.72. The number of halogens is 3. The van der Waals surface area contributed by atoms with Crippen LogP contribution in [-0.2, 0) is 6.42 Å². The van der Waals surface area contributed by atoms with E-state index in [1.54, 1.807) is 13.1 Å². The van der Waals surface area contributed by atoms with Crippen LogP contribution < -0.4 is 16.4 Å². The van der Waals surface area contributed by atoms with Crippen LogP contribution in [0, 0.1) is 17.5 Å². The molecule has 148 valence electrons. The van der Waals surface area contributed by atoms with Crippen molar-refractivity contribution in [2.75, 3.05) is 18.9 Å². The van der Waals surface area contributed by atoms with Crippen LogP contribution in [0.1, 0.15) is 24.4 Å². The van der Waals surface area contributed by atoms with Gasteiger partial charge in [0.25, 0.3) is 0 Å². The lowest BCUT2D eigenvalue weighted by Gasteiger charge is -2.13. The SMILES string of the molecule is CCc1ccc(Nc2c(-c3nnc(C(N)CNC)o3)ccc(F)c2F)c(F)c1. The maximum Gasteiger partial charge on any atom is 0.250 e. The van der Waals surface area contributed by atoms with E-state index >= 15 is 0 Å². The van der Waals surface area contributed by atoms with Crippen molar-refractivity contribution >= 4 is 11.4 Å². The number of aromatic nitrogens is 2. The minimum Gasteiger partial charge on any atom is -0.419 e. The maximum atomic E-state index is 14.5. The molecular weight excluding hydrogens is 371 g/mol. The third-order valence-electron chi connectivity index (χ3n) is 4.21. The first kappa shape index (κ1) is 19.8. The van der Waals surface area contributed by atoms with E-state index in [9.17, 15) is 13.2 Å². The van der Waals surface area contributed by atoms with Crippen molar-refractivity contribution < 1.29 is 17.6 Å². The number of nitrogens with zero attached hydrogens (tertiary/aromatic N) is 2. The molecule has 9 heteroatoms. The number of nitrogens with two attached hydrogens (primary N) is 1. The Bertz CT molecular complexity index is 976. The average Bonchev–Trinajstić information content (AvgIpc) is 3.17. The van der Waals surface area contributed by atoms with E-state index in [0.717, 1.165) is 11.6 Å². The van der Waals surface area contributed by atoms with Gasteiger partial charge in [-0.05, 0) is 43.3 Å². The Morgan fingerprint density at radius 2 is 1.89 bits per heavy atom. The zero-order valence-corrected chi connectivity index (χ0v) is 15.4. The van der Waals surface area contributed by atoms with E-state index in [0.29, 0.717) is 13.0 Å². The van der Waals surface area contributed by atoms with Gasteiger partial charge in [-0.25, -0.2) is 13.2 Å². The lowest BCUT2D eigenvalue weighted by Crippen LogP contribution is -2.24. The van der Waals surface area contributed by atoms with Gasteiger partial charge >= 0.3 is 0 Å². The molecule has 0 amide bonds. The fourth-order valence-electron chi connectivity index (χ4n) is 2.67. The van der Waals surface area contributed by atoms with Crippen LogP contribution in [0.3, 0.4) is 0 Å². The minimum absolute atomic E-state index is 0.00502. The summed E-state index contributed by atoms with van der Waals surface area (Å²) >= 11 is 0. The normalized spacial score (nSPS) is 12.2. The number of hydrogen-bond donors (Lipinski definition) is 3. The average molecular weight is 391 g/mol. The highest BCUT2D eigenvalue weighted by Gasteiger charge is 2.22. The molecule has 28 heavy (non-hydrogen) atoms. The highest BCUT2D eigenvalue weighted by molar-refractivity contribution is 5.77. The number of hydrogen-bond acceptors (Lipinski definition) is 6. The number of benzene rings is 2. The van der Waals surface area contributed by atoms with E-state index < -0.39 is 23.5 Å². The van der Waals surface area contributed by atoms with Crippen LogP contribution in [-0.4, -0.2) is 23.8 Å². The van der Waals surface area contributed by atoms with E-state index in [4.69, 9.17) is 10.2 Å². The third-order valence-corrected chi connectivity index (χ3v) is 4.21. The highest BCUT2D eigenvalue weighted by Crippen LogP contribution is 2.34. The van der Waals surface area contributed by atoms with Crippen molar-refractivity contribution in [2.45, 2.75) is 19.4 Å². The zero-order valence-electron chi connectivity index (χ0n) is 15.4. The Hall–Kier alpha value is -2.91. The molecule has 4 N–H and O–H groups in total. The zero-order chi connectivity index (χ0) is 20.3. The van der Waals surface area contributed by atoms with Crippen LogP contribution in [0.4, 0.5) is 24.5 Å². The number of aryl methyl sites for hydroxylation is 1. The molecule has 1 atom stereocenters. The van der Waals surface area contributed by atoms with Gasteiger partial charge in [0.15, 0.2) is 11.6 Å². The first-order valence-corrected chi connectivity index (χ1v) is 8.72. The van der Waals surface area contributed by atoms with Gasteiger partial charge in [-0.15, -0.1) is 10.2 Å². The standard InChI is InChI=1S/C19H20F3N5O/c1-3-10-4-7-15(13(21)8-10)25-17-11(5-6-12(20)16(17)22)18-26-27-19(28-18)14(23)9-24-2/h4-8,14,24-25H,3,9,23H2,1-2H3. The molecule has 1 aromatic heterocycles. The molecule has 3 aromatic rings. The van der Waals surface area contributed by atoms with Crippen molar-refractivity contribution in [1.82, 2.24) is 15.5 Å². The predicted molar refractivity (Wildman–Crippen MR) is 99.6 cm³/mol. The largest absolute Gasteiger partial charge is 0.419 e. The number of nitrogens with one attached hydrogen (secondary N) is 2. The Morgan fingerprint density at radius 1 is 1.11 bits per heavy atom. The second-order valence-corrected chi connectivity index (χ2v) is 6.19. The Morgan fingerprint density at radius 3 is 2.57 bits per heavy atom. The molecule has 6 nitrogen and oxygen atoms in total. The predicted octanol–water partition coefficient (Wildman–Crippen LogP) is 3.68. The smallest absolute Gasteiger partial charge is 0.250 e. The summed E-state index contributed by atoms with van der Waals surface area (Å²) in [5.74, 6) is -2.79. The molecule has 0 aliphatic rings. The molecule has 0 aliphatic carbocycles. The van der Waals surface area contributed by atoms with Gasteiger partial charge in [-0.2, -0.15) is 0 Å². The molecule has 1 heterocycles. The van der Waals surface area contributed by atoms with Gasteiger partial charge in [0.05, 0.1) is 23.0 Å². The fraction of sp³-hybridized carbons (Fsp3) is 0.263. The second-order valence-electron chi connectivity index (χ2n) is 6.19. The number of rotatable bonds is 7. The van der Waals surface area contributed by atoms with Gasteiger partial charge in [-0.1, -0.05) is 13.0 Å². The third kappa shape index (κ3) is 4.00. The minimum atomic E-state index is -1.18. The lowest BCUT2D eigenvalue weighted by atomic mass is 10.1. The van der Waals surface area contributed by atoms with E-state index in [2.05, 4.69) is 20.8 Å². The molecule has 0 bridgehead atoms. The quantitative estimate of drug-likeness (QED) is 0.569. The van der Waals surface area contributed by atoms with Gasteiger partial charge < -0.3 is 20.8 Å². The Labute approximate surface area is 160 Å².